The van der Waals surface area contributed by atoms with Gasteiger partial charge in [-0.15, -0.1) is 11.6 Å². The van der Waals surface area contributed by atoms with E-state index in [2.05, 4.69) is 10.2 Å². The minimum absolute atomic E-state index is 0.0193. The van der Waals surface area contributed by atoms with E-state index in [0.29, 0.717) is 17.8 Å². The highest BCUT2D eigenvalue weighted by atomic mass is 35.5. The molecule has 1 unspecified atom stereocenters. The van der Waals surface area contributed by atoms with Crippen LogP contribution in [0.4, 0.5) is 0 Å². The van der Waals surface area contributed by atoms with Gasteiger partial charge in [-0.3, -0.25) is 4.79 Å². The Bertz CT molecular complexity index is 436. The van der Waals surface area contributed by atoms with Crippen molar-refractivity contribution in [3.8, 4) is 0 Å². The lowest BCUT2D eigenvalue weighted by Crippen LogP contribution is -2.40. The molecule has 2 rings (SSSR count). The number of likely N-dealkylation sites (tertiary alicyclic amines) is 1. The molecule has 0 saturated carbocycles. The van der Waals surface area contributed by atoms with Crippen molar-refractivity contribution >= 4 is 17.5 Å². The van der Waals surface area contributed by atoms with Gasteiger partial charge in [0.1, 0.15) is 0 Å². The molecular formula is C12H16ClN3O. The van der Waals surface area contributed by atoms with Gasteiger partial charge in [0.25, 0.3) is 5.91 Å². The molecule has 0 radical (unpaired) electrons. The maximum absolute atomic E-state index is 12.3. The van der Waals surface area contributed by atoms with Gasteiger partial charge in [0.05, 0.1) is 22.3 Å². The average molecular weight is 254 g/mol. The number of hydrogen-bond acceptors (Lipinski definition) is 3. The van der Waals surface area contributed by atoms with Crippen LogP contribution in [0.5, 0.6) is 0 Å². The second-order valence-electron chi connectivity index (χ2n) is 4.48. The minimum atomic E-state index is 0.0193. The Morgan fingerprint density at radius 3 is 2.94 bits per heavy atom. The lowest BCUT2D eigenvalue weighted by molar-refractivity contribution is 0.0725. The van der Waals surface area contributed by atoms with Crippen LogP contribution in [0.15, 0.2) is 6.07 Å². The molecule has 1 atom stereocenters. The first kappa shape index (κ1) is 12.3. The Labute approximate surface area is 106 Å². The number of amides is 1. The van der Waals surface area contributed by atoms with E-state index in [4.69, 9.17) is 11.6 Å². The SMILES string of the molecule is Cc1cc(C(=O)N2CCCC(Cl)C2)c(C)nn1. The molecule has 1 aromatic rings. The van der Waals surface area contributed by atoms with Gasteiger partial charge in [-0.2, -0.15) is 10.2 Å². The maximum atomic E-state index is 12.3. The Hall–Kier alpha value is -1.16. The van der Waals surface area contributed by atoms with Crippen molar-refractivity contribution in [2.45, 2.75) is 32.1 Å². The van der Waals surface area contributed by atoms with E-state index in [0.717, 1.165) is 25.1 Å². The van der Waals surface area contributed by atoms with Crippen molar-refractivity contribution in [1.82, 2.24) is 15.1 Å². The molecule has 2 heterocycles. The number of rotatable bonds is 1. The van der Waals surface area contributed by atoms with Crippen LogP contribution >= 0.6 is 11.6 Å². The van der Waals surface area contributed by atoms with Crippen LogP contribution in [-0.2, 0) is 0 Å². The second-order valence-corrected chi connectivity index (χ2v) is 5.09. The molecule has 17 heavy (non-hydrogen) atoms. The van der Waals surface area contributed by atoms with E-state index in [-0.39, 0.29) is 11.3 Å². The number of carbonyl (C=O) groups is 1. The van der Waals surface area contributed by atoms with Crippen molar-refractivity contribution in [2.75, 3.05) is 13.1 Å². The Morgan fingerprint density at radius 1 is 1.47 bits per heavy atom. The highest BCUT2D eigenvalue weighted by molar-refractivity contribution is 6.21. The van der Waals surface area contributed by atoms with Gasteiger partial charge in [-0.05, 0) is 32.8 Å². The van der Waals surface area contributed by atoms with E-state index < -0.39 is 0 Å². The number of aryl methyl sites for hydroxylation is 2. The number of alkyl halides is 1. The van der Waals surface area contributed by atoms with E-state index in [1.807, 2.05) is 18.7 Å². The summed E-state index contributed by atoms with van der Waals surface area (Å²) in [5, 5.41) is 7.99. The minimum Gasteiger partial charge on any atom is -0.337 e. The summed E-state index contributed by atoms with van der Waals surface area (Å²) in [5.74, 6) is 0.0193. The van der Waals surface area contributed by atoms with Crippen LogP contribution in [0.3, 0.4) is 0 Å². The molecule has 0 aliphatic carbocycles. The van der Waals surface area contributed by atoms with Crippen molar-refractivity contribution in [3.63, 3.8) is 0 Å². The quantitative estimate of drug-likeness (QED) is 0.719. The zero-order valence-corrected chi connectivity index (χ0v) is 10.9. The Kier molecular flexibility index (Phi) is 3.62. The van der Waals surface area contributed by atoms with Crippen molar-refractivity contribution in [3.05, 3.63) is 23.0 Å². The van der Waals surface area contributed by atoms with Crippen LogP contribution in [0.25, 0.3) is 0 Å². The molecule has 1 saturated heterocycles. The molecule has 1 amide bonds. The monoisotopic (exact) mass is 253 g/mol. The highest BCUT2D eigenvalue weighted by Gasteiger charge is 2.24. The molecule has 1 aromatic heterocycles. The molecule has 1 aliphatic heterocycles. The van der Waals surface area contributed by atoms with E-state index in [9.17, 15) is 4.79 Å². The fraction of sp³-hybridized carbons (Fsp3) is 0.583. The first-order valence-electron chi connectivity index (χ1n) is 5.82. The summed E-state index contributed by atoms with van der Waals surface area (Å²) < 4.78 is 0. The molecular weight excluding hydrogens is 238 g/mol. The summed E-state index contributed by atoms with van der Waals surface area (Å²) in [5.41, 5.74) is 2.08. The molecule has 0 spiro atoms. The smallest absolute Gasteiger partial charge is 0.255 e. The number of halogens is 1. The van der Waals surface area contributed by atoms with E-state index in [1.165, 1.54) is 0 Å². The topological polar surface area (TPSA) is 46.1 Å². The number of nitrogens with zero attached hydrogens (tertiary/aromatic N) is 3. The number of hydrogen-bond donors (Lipinski definition) is 0. The summed E-state index contributed by atoms with van der Waals surface area (Å²) in [6.07, 6.45) is 1.95. The third-order valence-electron chi connectivity index (χ3n) is 2.98. The number of piperidine rings is 1. The highest BCUT2D eigenvalue weighted by Crippen LogP contribution is 2.18. The average Bonchev–Trinajstić information content (AvgIpc) is 2.31. The normalized spacial score (nSPS) is 20.4. The van der Waals surface area contributed by atoms with Crippen molar-refractivity contribution in [1.29, 1.82) is 0 Å². The molecule has 92 valence electrons. The van der Waals surface area contributed by atoms with Crippen LogP contribution < -0.4 is 0 Å². The molecule has 5 heteroatoms. The maximum Gasteiger partial charge on any atom is 0.255 e. The summed E-state index contributed by atoms with van der Waals surface area (Å²) in [6, 6.07) is 1.79. The summed E-state index contributed by atoms with van der Waals surface area (Å²) in [6.45, 7) is 5.05. The van der Waals surface area contributed by atoms with Gasteiger partial charge in [0, 0.05) is 13.1 Å². The molecule has 0 N–H and O–H groups in total. The fourth-order valence-corrected chi connectivity index (χ4v) is 2.37. The van der Waals surface area contributed by atoms with E-state index >= 15 is 0 Å². The summed E-state index contributed by atoms with van der Waals surface area (Å²) >= 11 is 6.09. The molecule has 1 fully saturated rings. The lowest BCUT2D eigenvalue weighted by atomic mass is 10.1. The van der Waals surface area contributed by atoms with Gasteiger partial charge in [-0.25, -0.2) is 0 Å². The molecule has 1 aliphatic rings. The number of aromatic nitrogens is 2. The first-order chi connectivity index (χ1) is 8.08. The standard InChI is InChI=1S/C12H16ClN3O/c1-8-6-11(9(2)15-14-8)12(17)16-5-3-4-10(13)7-16/h6,10H,3-5,7H2,1-2H3. The van der Waals surface area contributed by atoms with Gasteiger partial charge < -0.3 is 4.90 Å². The lowest BCUT2D eigenvalue weighted by Gasteiger charge is -2.30. The zero-order valence-electron chi connectivity index (χ0n) is 10.1. The first-order valence-corrected chi connectivity index (χ1v) is 6.26. The second kappa shape index (κ2) is 5.00. The van der Waals surface area contributed by atoms with Crippen LogP contribution in [0, 0.1) is 13.8 Å². The van der Waals surface area contributed by atoms with Gasteiger partial charge >= 0.3 is 0 Å². The van der Waals surface area contributed by atoms with Gasteiger partial charge in [-0.1, -0.05) is 0 Å². The predicted octanol–water partition coefficient (Wildman–Crippen LogP) is 1.94. The Morgan fingerprint density at radius 2 is 2.24 bits per heavy atom. The van der Waals surface area contributed by atoms with E-state index in [1.54, 1.807) is 6.07 Å². The summed E-state index contributed by atoms with van der Waals surface area (Å²) in [7, 11) is 0. The van der Waals surface area contributed by atoms with Crippen LogP contribution in [0.2, 0.25) is 0 Å². The predicted molar refractivity (Wildman–Crippen MR) is 66.3 cm³/mol. The van der Waals surface area contributed by atoms with Crippen LogP contribution in [-0.4, -0.2) is 39.5 Å². The van der Waals surface area contributed by atoms with Crippen LogP contribution in [0.1, 0.15) is 34.6 Å². The number of carbonyl (C=O) groups excluding carboxylic acids is 1. The van der Waals surface area contributed by atoms with Gasteiger partial charge in [0.15, 0.2) is 0 Å². The van der Waals surface area contributed by atoms with Crippen molar-refractivity contribution < 1.29 is 4.79 Å². The summed E-state index contributed by atoms with van der Waals surface area (Å²) in [4.78, 5) is 14.1. The molecule has 4 nitrogen and oxygen atoms in total. The third kappa shape index (κ3) is 2.75. The fourth-order valence-electron chi connectivity index (χ4n) is 2.05. The Balaban J connectivity index is 2.21. The molecule has 0 aromatic carbocycles. The zero-order chi connectivity index (χ0) is 12.4. The largest absolute Gasteiger partial charge is 0.337 e. The molecule has 0 bridgehead atoms. The van der Waals surface area contributed by atoms with Crippen molar-refractivity contribution in [2.24, 2.45) is 0 Å². The third-order valence-corrected chi connectivity index (χ3v) is 3.34. The van der Waals surface area contributed by atoms with Gasteiger partial charge in [0.2, 0.25) is 0 Å².